The molecule has 0 saturated heterocycles. The molecule has 0 aromatic carbocycles. The highest BCUT2D eigenvalue weighted by atomic mass is 16.1. The molecule has 0 N–H and O–H groups in total. The molecule has 0 unspecified atom stereocenters. The maximum Gasteiger partial charge on any atom is 0.175 e. The number of nitrogens with zero attached hydrogens (tertiary/aromatic N) is 2. The summed E-state index contributed by atoms with van der Waals surface area (Å²) in [5.41, 5.74) is 2.70. The first-order valence-electron chi connectivity index (χ1n) is 5.11. The Morgan fingerprint density at radius 1 is 1.19 bits per heavy atom. The number of hydrogen-bond acceptors (Lipinski definition) is 3. The molecule has 0 aliphatic rings. The zero-order chi connectivity index (χ0) is 12.5. The smallest absolute Gasteiger partial charge is 0.175 e. The SMILES string of the molecule is CC(=O)/C(C)=N\n1c(C)cc(C(C)=O)c1C. The van der Waals surface area contributed by atoms with Crippen LogP contribution >= 0.6 is 0 Å². The Morgan fingerprint density at radius 2 is 1.75 bits per heavy atom. The number of ketones is 2. The van der Waals surface area contributed by atoms with Gasteiger partial charge in [-0.25, -0.2) is 4.68 Å². The van der Waals surface area contributed by atoms with Gasteiger partial charge >= 0.3 is 0 Å². The summed E-state index contributed by atoms with van der Waals surface area (Å²) in [6.07, 6.45) is 0. The van der Waals surface area contributed by atoms with Gasteiger partial charge in [-0.05, 0) is 33.8 Å². The van der Waals surface area contributed by atoms with E-state index in [1.807, 2.05) is 13.8 Å². The van der Waals surface area contributed by atoms with Crippen LogP contribution in [0.3, 0.4) is 0 Å². The molecule has 0 aliphatic carbocycles. The van der Waals surface area contributed by atoms with Crippen LogP contribution < -0.4 is 0 Å². The van der Waals surface area contributed by atoms with Crippen LogP contribution in [0.2, 0.25) is 0 Å². The Labute approximate surface area is 95.0 Å². The number of carbonyl (C=O) groups excluding carboxylic acids is 2. The molecule has 86 valence electrons. The molecule has 0 aliphatic heterocycles. The average molecular weight is 220 g/mol. The lowest BCUT2D eigenvalue weighted by atomic mass is 10.2. The van der Waals surface area contributed by atoms with Crippen molar-refractivity contribution in [3.05, 3.63) is 23.0 Å². The summed E-state index contributed by atoms with van der Waals surface area (Å²) in [5.74, 6) is -0.0631. The Hall–Kier alpha value is -1.71. The van der Waals surface area contributed by atoms with Crippen LogP contribution in [-0.2, 0) is 4.79 Å². The fourth-order valence-corrected chi connectivity index (χ4v) is 1.48. The molecule has 0 atom stereocenters. The standard InChI is InChI=1S/C12H16N2O2/c1-7-6-12(11(5)16)9(3)14(7)13-8(2)10(4)15/h6H,1-5H3/b13-8-. The molecule has 4 heteroatoms. The number of rotatable bonds is 3. The summed E-state index contributed by atoms with van der Waals surface area (Å²) in [6.45, 7) is 8.33. The summed E-state index contributed by atoms with van der Waals surface area (Å²) >= 11 is 0. The van der Waals surface area contributed by atoms with Crippen molar-refractivity contribution in [1.82, 2.24) is 4.68 Å². The average Bonchev–Trinajstić information content (AvgIpc) is 2.45. The van der Waals surface area contributed by atoms with Gasteiger partial charge in [-0.15, -0.1) is 0 Å². The van der Waals surface area contributed by atoms with E-state index in [1.165, 1.54) is 13.8 Å². The molecule has 0 saturated carbocycles. The van der Waals surface area contributed by atoms with Gasteiger partial charge in [0, 0.05) is 23.9 Å². The van der Waals surface area contributed by atoms with E-state index >= 15 is 0 Å². The largest absolute Gasteiger partial charge is 0.294 e. The van der Waals surface area contributed by atoms with Crippen LogP contribution in [0.4, 0.5) is 0 Å². The number of Topliss-reactive ketones (excluding diaryl/α,β-unsaturated/α-hetero) is 2. The van der Waals surface area contributed by atoms with Gasteiger partial charge in [0.1, 0.15) is 5.71 Å². The minimum atomic E-state index is -0.0723. The van der Waals surface area contributed by atoms with Gasteiger partial charge in [-0.1, -0.05) is 0 Å². The summed E-state index contributed by atoms with van der Waals surface area (Å²) in [4.78, 5) is 22.4. The van der Waals surface area contributed by atoms with Crippen molar-refractivity contribution in [2.75, 3.05) is 0 Å². The Balaban J connectivity index is 3.31. The van der Waals surface area contributed by atoms with Gasteiger partial charge < -0.3 is 0 Å². The highest BCUT2D eigenvalue weighted by Crippen LogP contribution is 2.15. The molecule has 0 radical (unpaired) electrons. The minimum absolute atomic E-state index is 0.00929. The third-order valence-electron chi connectivity index (χ3n) is 2.53. The number of hydrogen-bond donors (Lipinski definition) is 0. The van der Waals surface area contributed by atoms with Crippen molar-refractivity contribution in [3.63, 3.8) is 0 Å². The van der Waals surface area contributed by atoms with Crippen LogP contribution in [-0.4, -0.2) is 22.0 Å². The van der Waals surface area contributed by atoms with Crippen molar-refractivity contribution >= 4 is 17.3 Å². The van der Waals surface area contributed by atoms with E-state index in [1.54, 1.807) is 17.7 Å². The second kappa shape index (κ2) is 4.43. The molecule has 0 bridgehead atoms. The fourth-order valence-electron chi connectivity index (χ4n) is 1.48. The molecule has 16 heavy (non-hydrogen) atoms. The predicted octanol–water partition coefficient (Wildman–Crippen LogP) is 2.12. The molecule has 4 nitrogen and oxygen atoms in total. The van der Waals surface area contributed by atoms with E-state index in [9.17, 15) is 9.59 Å². The van der Waals surface area contributed by atoms with Crippen LogP contribution in [0.15, 0.2) is 11.2 Å². The van der Waals surface area contributed by atoms with Crippen molar-refractivity contribution in [3.8, 4) is 0 Å². The highest BCUT2D eigenvalue weighted by Gasteiger charge is 2.12. The monoisotopic (exact) mass is 220 g/mol. The van der Waals surface area contributed by atoms with Crippen molar-refractivity contribution < 1.29 is 9.59 Å². The normalized spacial score (nSPS) is 11.7. The summed E-state index contributed by atoms with van der Waals surface area (Å²) in [6, 6.07) is 1.79. The van der Waals surface area contributed by atoms with E-state index in [4.69, 9.17) is 0 Å². The Kier molecular flexibility index (Phi) is 3.42. The second-order valence-corrected chi connectivity index (χ2v) is 3.89. The first kappa shape index (κ1) is 12.4. The third kappa shape index (κ3) is 2.27. The van der Waals surface area contributed by atoms with Gasteiger partial charge in [0.25, 0.3) is 0 Å². The fraction of sp³-hybridized carbons (Fsp3) is 0.417. The molecular weight excluding hydrogens is 204 g/mol. The minimum Gasteiger partial charge on any atom is -0.294 e. The lowest BCUT2D eigenvalue weighted by Gasteiger charge is -2.03. The summed E-state index contributed by atoms with van der Waals surface area (Å²) in [7, 11) is 0. The van der Waals surface area contributed by atoms with Crippen LogP contribution in [0.25, 0.3) is 0 Å². The Bertz CT molecular complexity index is 481. The third-order valence-corrected chi connectivity index (χ3v) is 2.53. The maximum atomic E-state index is 11.3. The zero-order valence-corrected chi connectivity index (χ0v) is 10.3. The molecule has 1 rings (SSSR count). The molecule has 0 fully saturated rings. The first-order valence-corrected chi connectivity index (χ1v) is 5.11. The molecule has 0 amide bonds. The lowest BCUT2D eigenvalue weighted by molar-refractivity contribution is -0.111. The molecule has 1 aromatic heterocycles. The molecule has 0 spiro atoms. The number of aromatic nitrogens is 1. The van der Waals surface area contributed by atoms with Gasteiger partial charge in [-0.2, -0.15) is 5.10 Å². The lowest BCUT2D eigenvalue weighted by Crippen LogP contribution is -2.09. The van der Waals surface area contributed by atoms with Crippen LogP contribution in [0, 0.1) is 13.8 Å². The van der Waals surface area contributed by atoms with Gasteiger partial charge in [0.2, 0.25) is 0 Å². The second-order valence-electron chi connectivity index (χ2n) is 3.89. The first-order chi connectivity index (χ1) is 7.34. The molecule has 1 heterocycles. The van der Waals surface area contributed by atoms with Gasteiger partial charge in [0.05, 0.1) is 0 Å². The summed E-state index contributed by atoms with van der Waals surface area (Å²) < 4.78 is 1.63. The van der Waals surface area contributed by atoms with Gasteiger partial charge in [-0.3, -0.25) is 9.59 Å². The van der Waals surface area contributed by atoms with E-state index in [0.717, 1.165) is 11.4 Å². The Morgan fingerprint density at radius 3 is 2.12 bits per heavy atom. The van der Waals surface area contributed by atoms with E-state index in [0.29, 0.717) is 11.3 Å². The maximum absolute atomic E-state index is 11.3. The summed E-state index contributed by atoms with van der Waals surface area (Å²) in [5, 5.41) is 4.19. The van der Waals surface area contributed by atoms with Gasteiger partial charge in [0.15, 0.2) is 11.6 Å². The van der Waals surface area contributed by atoms with Crippen molar-refractivity contribution in [1.29, 1.82) is 0 Å². The predicted molar refractivity (Wildman–Crippen MR) is 63.1 cm³/mol. The quantitative estimate of drug-likeness (QED) is 0.578. The van der Waals surface area contributed by atoms with Crippen LogP contribution in [0.1, 0.15) is 42.5 Å². The van der Waals surface area contributed by atoms with Crippen molar-refractivity contribution in [2.24, 2.45) is 5.10 Å². The number of aryl methyl sites for hydroxylation is 1. The van der Waals surface area contributed by atoms with Crippen molar-refractivity contribution in [2.45, 2.75) is 34.6 Å². The molecular formula is C12H16N2O2. The molecule has 1 aromatic rings. The van der Waals surface area contributed by atoms with Crippen LogP contribution in [0.5, 0.6) is 0 Å². The van der Waals surface area contributed by atoms with E-state index < -0.39 is 0 Å². The highest BCUT2D eigenvalue weighted by molar-refractivity contribution is 6.37. The topological polar surface area (TPSA) is 51.4 Å². The number of carbonyl (C=O) groups is 2. The van der Waals surface area contributed by atoms with E-state index in [-0.39, 0.29) is 11.6 Å². The zero-order valence-electron chi connectivity index (χ0n) is 10.3. The van der Waals surface area contributed by atoms with E-state index in [2.05, 4.69) is 5.10 Å².